The quantitative estimate of drug-likeness (QED) is 0.460. The van der Waals surface area contributed by atoms with Crippen LogP contribution in [-0.4, -0.2) is 28.6 Å². The molecule has 1 heterocycles. The van der Waals surface area contributed by atoms with Crippen LogP contribution < -0.4 is 0 Å². The topological polar surface area (TPSA) is 56.3 Å². The zero-order valence-corrected chi connectivity index (χ0v) is 11.0. The number of carbonyl (C=O) groups excluding carboxylic acids is 2. The van der Waals surface area contributed by atoms with Gasteiger partial charge in [0, 0.05) is 11.1 Å². The van der Waals surface area contributed by atoms with E-state index in [1.807, 2.05) is 12.3 Å². The van der Waals surface area contributed by atoms with Gasteiger partial charge < -0.3 is 4.74 Å². The van der Waals surface area contributed by atoms with Crippen LogP contribution in [0.2, 0.25) is 0 Å². The summed E-state index contributed by atoms with van der Waals surface area (Å²) in [5, 5.41) is 1.08. The van der Waals surface area contributed by atoms with Gasteiger partial charge in [-0.1, -0.05) is 11.8 Å². The second-order valence-electron chi connectivity index (χ2n) is 3.12. The van der Waals surface area contributed by atoms with E-state index in [1.165, 1.54) is 18.3 Å². The van der Waals surface area contributed by atoms with E-state index in [4.69, 9.17) is 4.74 Å². The van der Waals surface area contributed by atoms with Crippen LogP contribution in [0.3, 0.4) is 0 Å². The second-order valence-corrected chi connectivity index (χ2v) is 5.33. The molecule has 0 amide bonds. The third kappa shape index (κ3) is 3.61. The van der Waals surface area contributed by atoms with Gasteiger partial charge in [0.25, 0.3) is 0 Å². The largest absolute Gasteiger partial charge is 0.465 e. The monoisotopic (exact) mass is 259 g/mol. The number of aromatic nitrogens is 1. The minimum absolute atomic E-state index is 0.212. The molecule has 0 aliphatic heterocycles. The van der Waals surface area contributed by atoms with Crippen molar-refractivity contribution in [3.05, 3.63) is 11.1 Å². The molecule has 16 heavy (non-hydrogen) atoms. The van der Waals surface area contributed by atoms with Crippen molar-refractivity contribution in [2.24, 2.45) is 0 Å². The van der Waals surface area contributed by atoms with E-state index in [0.29, 0.717) is 4.34 Å². The van der Waals surface area contributed by atoms with Crippen LogP contribution in [0.1, 0.15) is 19.5 Å². The van der Waals surface area contributed by atoms with E-state index < -0.39 is 11.2 Å². The molecular weight excluding hydrogens is 246 g/mol. The number of rotatable bonds is 5. The minimum Gasteiger partial charge on any atom is -0.465 e. The molecule has 0 aliphatic carbocycles. The van der Waals surface area contributed by atoms with E-state index in [1.54, 1.807) is 6.92 Å². The van der Waals surface area contributed by atoms with Gasteiger partial charge in [0.05, 0.1) is 6.61 Å². The molecule has 1 unspecified atom stereocenters. The highest BCUT2D eigenvalue weighted by Gasteiger charge is 2.27. The van der Waals surface area contributed by atoms with Crippen molar-refractivity contribution >= 4 is 34.9 Å². The number of thiazole rings is 1. The summed E-state index contributed by atoms with van der Waals surface area (Å²) in [4.78, 5) is 27.0. The molecule has 6 heteroatoms. The predicted molar refractivity (Wildman–Crippen MR) is 63.8 cm³/mol. The van der Waals surface area contributed by atoms with Gasteiger partial charge in [0.15, 0.2) is 15.4 Å². The summed E-state index contributed by atoms with van der Waals surface area (Å²) in [5.74, 6) is -0.704. The average molecular weight is 259 g/mol. The molecule has 0 saturated carbocycles. The Morgan fingerprint density at radius 1 is 1.62 bits per heavy atom. The Hall–Kier alpha value is -0.880. The summed E-state index contributed by atoms with van der Waals surface area (Å²) < 4.78 is 5.55. The van der Waals surface area contributed by atoms with Crippen molar-refractivity contribution in [1.29, 1.82) is 0 Å². The Morgan fingerprint density at radius 3 is 2.75 bits per heavy atom. The number of ketones is 1. The van der Waals surface area contributed by atoms with Gasteiger partial charge in [-0.15, -0.1) is 11.3 Å². The fourth-order valence-corrected chi connectivity index (χ4v) is 2.91. The van der Waals surface area contributed by atoms with Crippen LogP contribution in [-0.2, 0) is 14.3 Å². The van der Waals surface area contributed by atoms with Gasteiger partial charge in [-0.2, -0.15) is 0 Å². The average Bonchev–Trinajstić information content (AvgIpc) is 2.60. The fourth-order valence-electron chi connectivity index (χ4n) is 1.00. The molecule has 1 aromatic rings. The van der Waals surface area contributed by atoms with Crippen LogP contribution in [0.15, 0.2) is 9.72 Å². The van der Waals surface area contributed by atoms with Crippen LogP contribution in [0.4, 0.5) is 0 Å². The molecule has 0 spiro atoms. The van der Waals surface area contributed by atoms with E-state index in [0.717, 1.165) is 17.5 Å². The number of aryl methyl sites for hydroxylation is 1. The maximum absolute atomic E-state index is 11.5. The Kier molecular flexibility index (Phi) is 4.95. The van der Waals surface area contributed by atoms with Gasteiger partial charge in [0.2, 0.25) is 0 Å². The highest BCUT2D eigenvalue weighted by Crippen LogP contribution is 2.27. The molecule has 0 radical (unpaired) electrons. The lowest BCUT2D eigenvalue weighted by Crippen LogP contribution is -2.27. The molecule has 0 fully saturated rings. The summed E-state index contributed by atoms with van der Waals surface area (Å²) in [7, 11) is 0. The highest BCUT2D eigenvalue weighted by atomic mass is 32.2. The summed E-state index contributed by atoms with van der Waals surface area (Å²) >= 11 is 2.57. The first-order chi connectivity index (χ1) is 7.54. The van der Waals surface area contributed by atoms with Crippen LogP contribution in [0.5, 0.6) is 0 Å². The van der Waals surface area contributed by atoms with Gasteiger partial charge in [0.1, 0.15) is 0 Å². The number of Topliss-reactive ketones (excluding diaryl/α,β-unsaturated/α-hetero) is 1. The van der Waals surface area contributed by atoms with Crippen molar-refractivity contribution in [2.75, 3.05) is 6.61 Å². The third-order valence-electron chi connectivity index (χ3n) is 1.69. The molecule has 1 atom stereocenters. The molecule has 0 aromatic carbocycles. The second kappa shape index (κ2) is 6.00. The van der Waals surface area contributed by atoms with Gasteiger partial charge in [-0.05, 0) is 20.8 Å². The van der Waals surface area contributed by atoms with E-state index in [9.17, 15) is 9.59 Å². The molecule has 0 N–H and O–H groups in total. The van der Waals surface area contributed by atoms with Crippen molar-refractivity contribution in [3.63, 3.8) is 0 Å². The standard InChI is InChI=1S/C10H13NO3S2/c1-4-14-9(13)8(7(3)12)16-10-11-6(2)5-15-10/h5,8H,4H2,1-3H3. The van der Waals surface area contributed by atoms with Gasteiger partial charge in [-0.25, -0.2) is 4.98 Å². The third-order valence-corrected chi connectivity index (χ3v) is 4.07. The first kappa shape index (κ1) is 13.2. The number of thioether (sulfide) groups is 1. The van der Waals surface area contributed by atoms with Crippen LogP contribution in [0, 0.1) is 6.92 Å². The zero-order chi connectivity index (χ0) is 12.1. The molecular formula is C10H13NO3S2. The lowest BCUT2D eigenvalue weighted by molar-refractivity contribution is -0.144. The Balaban J connectivity index is 2.72. The van der Waals surface area contributed by atoms with Crippen molar-refractivity contribution in [2.45, 2.75) is 30.4 Å². The Labute approximate surface area is 102 Å². The maximum Gasteiger partial charge on any atom is 0.327 e. The van der Waals surface area contributed by atoms with E-state index >= 15 is 0 Å². The molecule has 1 aromatic heterocycles. The first-order valence-corrected chi connectivity index (χ1v) is 6.56. The van der Waals surface area contributed by atoms with E-state index in [2.05, 4.69) is 4.98 Å². The lowest BCUT2D eigenvalue weighted by Gasteiger charge is -2.09. The van der Waals surface area contributed by atoms with Gasteiger partial charge in [-0.3, -0.25) is 9.59 Å². The minimum atomic E-state index is -0.800. The van der Waals surface area contributed by atoms with Crippen LogP contribution in [0.25, 0.3) is 0 Å². The molecule has 1 rings (SSSR count). The van der Waals surface area contributed by atoms with Crippen LogP contribution >= 0.6 is 23.1 Å². The number of ether oxygens (including phenoxy) is 1. The molecule has 0 saturated heterocycles. The zero-order valence-electron chi connectivity index (χ0n) is 9.35. The molecule has 88 valence electrons. The normalized spacial score (nSPS) is 12.2. The number of hydrogen-bond donors (Lipinski definition) is 0. The molecule has 4 nitrogen and oxygen atoms in total. The number of carbonyl (C=O) groups is 2. The summed E-state index contributed by atoms with van der Waals surface area (Å²) in [6, 6.07) is 0. The maximum atomic E-state index is 11.5. The first-order valence-electron chi connectivity index (χ1n) is 4.80. The van der Waals surface area contributed by atoms with Crippen molar-refractivity contribution < 1.29 is 14.3 Å². The van der Waals surface area contributed by atoms with Gasteiger partial charge >= 0.3 is 5.97 Å². The lowest BCUT2D eigenvalue weighted by atomic mass is 10.3. The number of esters is 1. The van der Waals surface area contributed by atoms with E-state index in [-0.39, 0.29) is 12.4 Å². The Bertz CT molecular complexity index is 389. The molecule has 0 bridgehead atoms. The Morgan fingerprint density at radius 2 is 2.31 bits per heavy atom. The summed E-state index contributed by atoms with van der Waals surface area (Å²) in [6.07, 6.45) is 0. The predicted octanol–water partition coefficient (Wildman–Crippen LogP) is 2.06. The summed E-state index contributed by atoms with van der Waals surface area (Å²) in [5.41, 5.74) is 0.888. The molecule has 0 aliphatic rings. The smallest absolute Gasteiger partial charge is 0.327 e. The number of hydrogen-bond acceptors (Lipinski definition) is 6. The SMILES string of the molecule is CCOC(=O)C(Sc1nc(C)cs1)C(C)=O. The van der Waals surface area contributed by atoms with Crippen molar-refractivity contribution in [1.82, 2.24) is 4.98 Å². The van der Waals surface area contributed by atoms with Crippen molar-refractivity contribution in [3.8, 4) is 0 Å². The highest BCUT2D eigenvalue weighted by molar-refractivity contribution is 8.03. The number of nitrogens with zero attached hydrogens (tertiary/aromatic N) is 1. The summed E-state index contributed by atoms with van der Waals surface area (Å²) in [6.45, 7) is 5.25. The fraction of sp³-hybridized carbons (Fsp3) is 0.500.